The molecule has 1 aromatic carbocycles. The summed E-state index contributed by atoms with van der Waals surface area (Å²) >= 11 is 0. The highest BCUT2D eigenvalue weighted by Gasteiger charge is 2.38. The van der Waals surface area contributed by atoms with Gasteiger partial charge in [0.2, 0.25) is 0 Å². The number of benzene rings is 1. The Morgan fingerprint density at radius 3 is 2.38 bits per heavy atom. The molecule has 4 N–H and O–H groups in total. The monoisotopic (exact) mass is 573 g/mol. The molecule has 11 heteroatoms. The van der Waals surface area contributed by atoms with Gasteiger partial charge in [-0.2, -0.15) is 5.26 Å². The van der Waals surface area contributed by atoms with Gasteiger partial charge in [-0.05, 0) is 63.1 Å². The number of likely N-dealkylation sites (tertiary alicyclic amines) is 1. The summed E-state index contributed by atoms with van der Waals surface area (Å²) < 4.78 is 0. The molecule has 0 spiro atoms. The predicted octanol–water partition coefficient (Wildman–Crippen LogP) is 3.75. The van der Waals surface area contributed by atoms with Crippen LogP contribution in [0, 0.1) is 11.3 Å². The summed E-state index contributed by atoms with van der Waals surface area (Å²) in [7, 11) is 3.44. The number of nitrogens with two attached hydrogens (primary N) is 1. The second-order valence-electron chi connectivity index (χ2n) is 12.2. The molecule has 11 nitrogen and oxygen atoms in total. The first-order valence-electron chi connectivity index (χ1n) is 15.1. The van der Waals surface area contributed by atoms with Crippen molar-refractivity contribution in [3.63, 3.8) is 0 Å². The summed E-state index contributed by atoms with van der Waals surface area (Å²) in [5.74, 6) is 0.209. The number of hydrogen-bond donors (Lipinski definition) is 3. The van der Waals surface area contributed by atoms with Crippen molar-refractivity contribution in [2.75, 3.05) is 43.9 Å². The van der Waals surface area contributed by atoms with Gasteiger partial charge in [0.25, 0.3) is 5.91 Å². The number of nitrogens with zero attached hydrogens (tertiary/aromatic N) is 6. The predicted molar refractivity (Wildman–Crippen MR) is 163 cm³/mol. The van der Waals surface area contributed by atoms with Crippen LogP contribution < -0.4 is 21.3 Å². The van der Waals surface area contributed by atoms with Gasteiger partial charge in [-0.25, -0.2) is 14.8 Å². The van der Waals surface area contributed by atoms with Crippen LogP contribution in [0.4, 0.5) is 22.1 Å². The number of amides is 3. The third-order valence-corrected chi connectivity index (χ3v) is 9.40. The number of rotatable bonds is 7. The number of urea groups is 1. The number of aromatic nitrogens is 2. The Bertz CT molecular complexity index is 1310. The van der Waals surface area contributed by atoms with Gasteiger partial charge in [0.1, 0.15) is 5.82 Å². The lowest BCUT2D eigenvalue weighted by atomic mass is 9.73. The van der Waals surface area contributed by atoms with Gasteiger partial charge in [-0.1, -0.05) is 25.0 Å². The fraction of sp³-hybridized carbons (Fsp3) is 0.581. The first-order chi connectivity index (χ1) is 20.2. The van der Waals surface area contributed by atoms with E-state index in [1.807, 2.05) is 24.3 Å². The minimum absolute atomic E-state index is 0.0224. The lowest BCUT2D eigenvalue weighted by molar-refractivity contribution is 0.0996. The molecule has 1 aliphatic carbocycles. The fourth-order valence-corrected chi connectivity index (χ4v) is 6.75. The van der Waals surface area contributed by atoms with E-state index < -0.39 is 11.3 Å². The first kappa shape index (κ1) is 29.6. The van der Waals surface area contributed by atoms with Gasteiger partial charge in [0.15, 0.2) is 11.5 Å². The summed E-state index contributed by atoms with van der Waals surface area (Å²) in [5.41, 5.74) is 6.96. The van der Waals surface area contributed by atoms with Gasteiger partial charge in [-0.3, -0.25) is 4.79 Å². The van der Waals surface area contributed by atoms with E-state index in [2.05, 4.69) is 38.4 Å². The highest BCUT2D eigenvalue weighted by molar-refractivity contribution is 5.96. The van der Waals surface area contributed by atoms with Crippen LogP contribution in [-0.2, 0) is 5.41 Å². The third kappa shape index (κ3) is 6.14. The number of carbonyl (C=O) groups excluding carboxylic acids is 2. The molecule has 0 bridgehead atoms. The van der Waals surface area contributed by atoms with E-state index in [-0.39, 0.29) is 29.6 Å². The van der Waals surface area contributed by atoms with Crippen molar-refractivity contribution in [2.45, 2.75) is 81.8 Å². The van der Waals surface area contributed by atoms with E-state index in [1.165, 1.54) is 30.6 Å². The molecular formula is C31H43N9O2. The molecule has 3 amide bonds. The molecule has 0 unspecified atom stereocenters. The summed E-state index contributed by atoms with van der Waals surface area (Å²) in [6.07, 6.45) is 10.2. The topological polar surface area (TPSA) is 144 Å². The zero-order chi connectivity index (χ0) is 29.9. The van der Waals surface area contributed by atoms with Crippen LogP contribution in [0.3, 0.4) is 0 Å². The van der Waals surface area contributed by atoms with Crippen LogP contribution in [0.5, 0.6) is 0 Å². The average Bonchev–Trinajstić information content (AvgIpc) is 3.54. The van der Waals surface area contributed by atoms with E-state index in [4.69, 9.17) is 10.7 Å². The van der Waals surface area contributed by atoms with Crippen LogP contribution in [0.25, 0.3) is 0 Å². The quantitative estimate of drug-likeness (QED) is 0.454. The molecule has 0 radical (unpaired) electrons. The summed E-state index contributed by atoms with van der Waals surface area (Å²) in [4.78, 5) is 39.9. The molecule has 3 fully saturated rings. The van der Waals surface area contributed by atoms with Crippen LogP contribution in [0.15, 0.2) is 30.5 Å². The fourth-order valence-electron chi connectivity index (χ4n) is 6.75. The Hall–Kier alpha value is -3.91. The molecule has 2 aliphatic heterocycles. The Kier molecular flexibility index (Phi) is 8.82. The zero-order valence-corrected chi connectivity index (χ0v) is 25.0. The molecule has 2 aromatic rings. The third-order valence-electron chi connectivity index (χ3n) is 9.40. The molecule has 3 heterocycles. The maximum Gasteiger partial charge on any atom is 0.317 e. The second kappa shape index (κ2) is 12.5. The Morgan fingerprint density at radius 1 is 1.07 bits per heavy atom. The standard InChI is InChI=1S/C31H43N9O2/c1-21-25(36-30(42)38(2)3)9-6-16-40(21)26-19-34-27(28(33)41)29(37-26)35-23-12-10-22(11-13-23)31(20-32)14-17-39(18-15-31)24-7-4-5-8-24/h10-13,19,21,24-25H,4-9,14-18H2,1-3H3,(H2,33,41)(H,35,37)(H,36,42)/t21-,25-/m1/s1. The molecular weight excluding hydrogens is 530 g/mol. The molecule has 224 valence electrons. The Labute approximate surface area is 248 Å². The average molecular weight is 574 g/mol. The smallest absolute Gasteiger partial charge is 0.317 e. The van der Waals surface area contributed by atoms with E-state index in [0.717, 1.165) is 56.6 Å². The van der Waals surface area contributed by atoms with E-state index in [1.54, 1.807) is 20.3 Å². The Balaban J connectivity index is 1.31. The molecule has 5 rings (SSSR count). The van der Waals surface area contributed by atoms with E-state index in [9.17, 15) is 14.9 Å². The number of nitrogens with one attached hydrogen (secondary N) is 2. The maximum absolute atomic E-state index is 12.3. The molecule has 42 heavy (non-hydrogen) atoms. The molecule has 3 aliphatic rings. The van der Waals surface area contributed by atoms with Crippen molar-refractivity contribution < 1.29 is 9.59 Å². The molecule has 2 atom stereocenters. The number of piperidine rings is 2. The van der Waals surface area contributed by atoms with Crippen molar-refractivity contribution in [2.24, 2.45) is 5.73 Å². The minimum atomic E-state index is -0.673. The number of anilines is 3. The Morgan fingerprint density at radius 2 is 1.76 bits per heavy atom. The molecule has 1 saturated carbocycles. The van der Waals surface area contributed by atoms with Gasteiger partial charge in [-0.15, -0.1) is 0 Å². The molecule has 1 aromatic heterocycles. The summed E-state index contributed by atoms with van der Waals surface area (Å²) in [6, 6.07) is 11.0. The van der Waals surface area contributed by atoms with Gasteiger partial charge >= 0.3 is 6.03 Å². The molecule has 2 saturated heterocycles. The first-order valence-corrected chi connectivity index (χ1v) is 15.1. The zero-order valence-electron chi connectivity index (χ0n) is 25.0. The van der Waals surface area contributed by atoms with E-state index >= 15 is 0 Å². The second-order valence-corrected chi connectivity index (χ2v) is 12.2. The normalized spacial score (nSPS) is 22.8. The number of hydrogen-bond acceptors (Lipinski definition) is 8. The van der Waals surface area contributed by atoms with Crippen LogP contribution in [-0.4, -0.2) is 83.6 Å². The van der Waals surface area contributed by atoms with Gasteiger partial charge in [0.05, 0.1) is 23.7 Å². The highest BCUT2D eigenvalue weighted by Crippen LogP contribution is 2.38. The van der Waals surface area contributed by atoms with Crippen molar-refractivity contribution in [3.8, 4) is 6.07 Å². The van der Waals surface area contributed by atoms with Crippen molar-refractivity contribution in [1.29, 1.82) is 5.26 Å². The minimum Gasteiger partial charge on any atom is -0.364 e. The highest BCUT2D eigenvalue weighted by atomic mass is 16.2. The van der Waals surface area contributed by atoms with Crippen molar-refractivity contribution >= 4 is 29.3 Å². The number of nitriles is 1. The van der Waals surface area contributed by atoms with Gasteiger partial charge in [0, 0.05) is 51.5 Å². The van der Waals surface area contributed by atoms with Gasteiger partial charge < -0.3 is 31.1 Å². The largest absolute Gasteiger partial charge is 0.364 e. The van der Waals surface area contributed by atoms with Crippen molar-refractivity contribution in [1.82, 2.24) is 25.1 Å². The lowest BCUT2D eigenvalue weighted by Gasteiger charge is -2.40. The van der Waals surface area contributed by atoms with Crippen LogP contribution >= 0.6 is 0 Å². The van der Waals surface area contributed by atoms with E-state index in [0.29, 0.717) is 11.9 Å². The summed E-state index contributed by atoms with van der Waals surface area (Å²) in [6.45, 7) is 4.72. The summed E-state index contributed by atoms with van der Waals surface area (Å²) in [5, 5.41) is 16.6. The SMILES string of the molecule is C[C@@H]1[C@H](NC(=O)N(C)C)CCCN1c1cnc(C(N)=O)c(Nc2ccc(C3(C#N)CCN(C4CCCC4)CC3)cc2)n1. The number of carbonyl (C=O) groups is 2. The lowest BCUT2D eigenvalue weighted by Crippen LogP contribution is -2.56. The maximum atomic E-state index is 12.3. The van der Waals surface area contributed by atoms with Crippen molar-refractivity contribution in [3.05, 3.63) is 41.7 Å². The van der Waals surface area contributed by atoms with Crippen LogP contribution in [0.1, 0.15) is 74.3 Å². The van der Waals surface area contributed by atoms with Crippen LogP contribution in [0.2, 0.25) is 0 Å². The number of primary amides is 1.